The fourth-order valence-corrected chi connectivity index (χ4v) is 3.00. The van der Waals surface area contributed by atoms with Gasteiger partial charge >= 0.3 is 0 Å². The van der Waals surface area contributed by atoms with Crippen LogP contribution in [0.4, 0.5) is 5.69 Å². The van der Waals surface area contributed by atoms with Gasteiger partial charge < -0.3 is 10.6 Å². The summed E-state index contributed by atoms with van der Waals surface area (Å²) in [6, 6.07) is 13.1. The lowest BCUT2D eigenvalue weighted by molar-refractivity contribution is -0.115. The molecular weight excluding hydrogens is 304 g/mol. The quantitative estimate of drug-likeness (QED) is 0.693. The van der Waals surface area contributed by atoms with Crippen LogP contribution in [0.25, 0.3) is 10.9 Å². The molecule has 6 nitrogen and oxygen atoms in total. The summed E-state index contributed by atoms with van der Waals surface area (Å²) in [5, 5.41) is 13.6. The smallest absolute Gasteiger partial charge is 0.272 e. The van der Waals surface area contributed by atoms with Crippen LogP contribution in [0.5, 0.6) is 0 Å². The number of aromatic nitrogens is 2. The number of carbonyl (C=O) groups excluding carboxylic acids is 2. The average Bonchev–Trinajstić information content (AvgIpc) is 3.16. The summed E-state index contributed by atoms with van der Waals surface area (Å²) in [5.74, 6) is -0.225. The molecule has 3 aromatic rings. The molecule has 6 heteroatoms. The second-order valence-electron chi connectivity index (χ2n) is 5.95. The van der Waals surface area contributed by atoms with E-state index in [1.165, 1.54) is 0 Å². The maximum absolute atomic E-state index is 12.5. The first-order chi connectivity index (χ1) is 11.6. The highest BCUT2D eigenvalue weighted by Gasteiger charge is 2.20. The third-order valence-corrected chi connectivity index (χ3v) is 4.29. The zero-order chi connectivity index (χ0) is 16.7. The van der Waals surface area contributed by atoms with Crippen molar-refractivity contribution in [2.75, 3.05) is 5.32 Å². The molecule has 2 heterocycles. The Bertz CT molecular complexity index is 961. The van der Waals surface area contributed by atoms with E-state index in [9.17, 15) is 9.59 Å². The molecule has 2 amide bonds. The maximum Gasteiger partial charge on any atom is 0.272 e. The first-order valence-electron chi connectivity index (χ1n) is 7.78. The Hall–Kier alpha value is -3.15. The third-order valence-electron chi connectivity index (χ3n) is 4.29. The van der Waals surface area contributed by atoms with Crippen molar-refractivity contribution in [1.82, 2.24) is 15.5 Å². The lowest BCUT2D eigenvalue weighted by Crippen LogP contribution is -2.27. The molecule has 0 aliphatic carbocycles. The number of aromatic amines is 1. The van der Waals surface area contributed by atoms with Crippen LogP contribution in [0.15, 0.2) is 42.5 Å². The van der Waals surface area contributed by atoms with Crippen LogP contribution in [0.1, 0.15) is 34.6 Å². The van der Waals surface area contributed by atoms with Gasteiger partial charge in [0.1, 0.15) is 0 Å². The van der Waals surface area contributed by atoms with Crippen molar-refractivity contribution in [3.05, 3.63) is 59.3 Å². The maximum atomic E-state index is 12.5. The zero-order valence-corrected chi connectivity index (χ0v) is 13.1. The van der Waals surface area contributed by atoms with E-state index in [2.05, 4.69) is 20.8 Å². The van der Waals surface area contributed by atoms with Crippen molar-refractivity contribution in [2.45, 2.75) is 19.4 Å². The summed E-state index contributed by atoms with van der Waals surface area (Å²) < 4.78 is 0. The standard InChI is InChI=1S/C18H16N4O2/c1-10(11-6-7-14-12(8-11)9-16(23)20-14)19-18(24)17-13-4-2-3-5-15(13)21-22-17/h2-8,10H,9H2,1H3,(H,19,24)(H,20,23)(H,21,22)/t10-/m0/s1. The summed E-state index contributed by atoms with van der Waals surface area (Å²) in [5.41, 5.74) is 3.98. The van der Waals surface area contributed by atoms with Crippen LogP contribution in [0.2, 0.25) is 0 Å². The summed E-state index contributed by atoms with van der Waals surface area (Å²) in [4.78, 5) is 24.0. The number of carbonyl (C=O) groups is 2. The van der Waals surface area contributed by atoms with Crippen molar-refractivity contribution >= 4 is 28.4 Å². The predicted molar refractivity (Wildman–Crippen MR) is 90.8 cm³/mol. The van der Waals surface area contributed by atoms with Crippen LogP contribution < -0.4 is 10.6 Å². The number of anilines is 1. The lowest BCUT2D eigenvalue weighted by Gasteiger charge is -2.14. The molecule has 0 saturated heterocycles. The Labute approximate surface area is 138 Å². The predicted octanol–water partition coefficient (Wildman–Crippen LogP) is 2.55. The number of hydrogen-bond donors (Lipinski definition) is 3. The van der Waals surface area contributed by atoms with Gasteiger partial charge in [0.25, 0.3) is 5.91 Å². The van der Waals surface area contributed by atoms with E-state index in [0.717, 1.165) is 27.7 Å². The SMILES string of the molecule is C[C@H](NC(=O)c1n[nH]c2ccccc12)c1ccc2c(c1)CC(=O)N2. The highest BCUT2D eigenvalue weighted by atomic mass is 16.2. The van der Waals surface area contributed by atoms with Gasteiger partial charge in [0.05, 0.1) is 18.0 Å². The van der Waals surface area contributed by atoms with Gasteiger partial charge in [-0.1, -0.05) is 30.3 Å². The fraction of sp³-hybridized carbons (Fsp3) is 0.167. The molecule has 1 atom stereocenters. The Morgan fingerprint density at radius 3 is 2.96 bits per heavy atom. The van der Waals surface area contributed by atoms with Gasteiger partial charge in [-0.3, -0.25) is 14.7 Å². The monoisotopic (exact) mass is 320 g/mol. The Kier molecular flexibility index (Phi) is 3.30. The number of amides is 2. The van der Waals surface area contributed by atoms with Gasteiger partial charge in [0, 0.05) is 11.1 Å². The summed E-state index contributed by atoms with van der Waals surface area (Å²) in [7, 11) is 0. The fourth-order valence-electron chi connectivity index (χ4n) is 3.00. The topological polar surface area (TPSA) is 86.9 Å². The minimum Gasteiger partial charge on any atom is -0.344 e. The van der Waals surface area contributed by atoms with Gasteiger partial charge in [-0.2, -0.15) is 5.10 Å². The summed E-state index contributed by atoms with van der Waals surface area (Å²) in [6.07, 6.45) is 0.383. The minimum atomic E-state index is -0.227. The second-order valence-corrected chi connectivity index (χ2v) is 5.95. The highest BCUT2D eigenvalue weighted by molar-refractivity contribution is 6.04. The van der Waals surface area contributed by atoms with Gasteiger partial charge in [-0.25, -0.2) is 0 Å². The Morgan fingerprint density at radius 2 is 2.08 bits per heavy atom. The van der Waals surface area contributed by atoms with E-state index in [-0.39, 0.29) is 17.9 Å². The number of nitrogens with zero attached hydrogens (tertiary/aromatic N) is 1. The summed E-state index contributed by atoms with van der Waals surface area (Å²) in [6.45, 7) is 1.92. The van der Waals surface area contributed by atoms with Gasteiger partial charge in [0.2, 0.25) is 5.91 Å². The largest absolute Gasteiger partial charge is 0.344 e. The third kappa shape index (κ3) is 2.42. The number of hydrogen-bond acceptors (Lipinski definition) is 3. The Balaban J connectivity index is 1.56. The molecule has 0 unspecified atom stereocenters. The molecule has 4 rings (SSSR count). The molecular formula is C18H16N4O2. The molecule has 0 bridgehead atoms. The highest BCUT2D eigenvalue weighted by Crippen LogP contribution is 2.26. The number of benzene rings is 2. The van der Waals surface area contributed by atoms with Crippen molar-refractivity contribution < 1.29 is 9.59 Å². The number of para-hydroxylation sites is 1. The number of nitrogens with one attached hydrogen (secondary N) is 3. The molecule has 0 saturated carbocycles. The van der Waals surface area contributed by atoms with E-state index in [1.807, 2.05) is 49.4 Å². The van der Waals surface area contributed by atoms with Crippen LogP contribution in [0.3, 0.4) is 0 Å². The molecule has 0 spiro atoms. The van der Waals surface area contributed by atoms with E-state index in [4.69, 9.17) is 0 Å². The first-order valence-corrected chi connectivity index (χ1v) is 7.78. The molecule has 24 heavy (non-hydrogen) atoms. The van der Waals surface area contributed by atoms with Crippen molar-refractivity contribution in [3.8, 4) is 0 Å². The number of H-pyrrole nitrogens is 1. The number of fused-ring (bicyclic) bond motifs is 2. The van der Waals surface area contributed by atoms with Gasteiger partial charge in [-0.05, 0) is 30.2 Å². The Morgan fingerprint density at radius 1 is 1.25 bits per heavy atom. The van der Waals surface area contributed by atoms with Crippen LogP contribution in [-0.4, -0.2) is 22.0 Å². The molecule has 1 aromatic heterocycles. The molecule has 2 aromatic carbocycles. The summed E-state index contributed by atoms with van der Waals surface area (Å²) >= 11 is 0. The molecule has 0 radical (unpaired) electrons. The van der Waals surface area contributed by atoms with Gasteiger partial charge in [-0.15, -0.1) is 0 Å². The second kappa shape index (κ2) is 5.49. The van der Waals surface area contributed by atoms with E-state index in [1.54, 1.807) is 0 Å². The van der Waals surface area contributed by atoms with Crippen LogP contribution >= 0.6 is 0 Å². The lowest BCUT2D eigenvalue weighted by atomic mass is 10.0. The van der Waals surface area contributed by atoms with Crippen molar-refractivity contribution in [2.24, 2.45) is 0 Å². The van der Waals surface area contributed by atoms with E-state index < -0.39 is 0 Å². The van der Waals surface area contributed by atoms with Crippen LogP contribution in [-0.2, 0) is 11.2 Å². The first kappa shape index (κ1) is 14.4. The van der Waals surface area contributed by atoms with Gasteiger partial charge in [0.15, 0.2) is 5.69 Å². The number of rotatable bonds is 3. The molecule has 1 aliphatic heterocycles. The average molecular weight is 320 g/mol. The van der Waals surface area contributed by atoms with E-state index in [0.29, 0.717) is 12.1 Å². The minimum absolute atomic E-state index is 0.00170. The molecule has 120 valence electrons. The molecule has 1 aliphatic rings. The molecule has 0 fully saturated rings. The van der Waals surface area contributed by atoms with E-state index >= 15 is 0 Å². The normalized spacial score (nSPS) is 14.3. The van der Waals surface area contributed by atoms with Crippen LogP contribution in [0, 0.1) is 0 Å². The van der Waals surface area contributed by atoms with Crippen molar-refractivity contribution in [1.29, 1.82) is 0 Å². The molecule has 3 N–H and O–H groups in total. The zero-order valence-electron chi connectivity index (χ0n) is 13.1. The van der Waals surface area contributed by atoms with Crippen molar-refractivity contribution in [3.63, 3.8) is 0 Å².